The number of rotatable bonds is 5. The number of nitro groups is 1. The standard InChI is InChI=1S/C16H15ClN2O4/c1-10-8-13(19(21)22)6-7-15(10)18-16(20)11(2)23-14-5-3-4-12(17)9-14/h3-9,11H,1-2H3,(H,18,20)/t11-/m1/s1. The number of nitro benzene ring substituents is 1. The SMILES string of the molecule is Cc1cc([N+](=O)[O-])ccc1NC(=O)[C@@H](C)Oc1cccc(Cl)c1. The molecule has 0 unspecified atom stereocenters. The van der Waals surface area contributed by atoms with Crippen LogP contribution in [0.15, 0.2) is 42.5 Å². The molecular formula is C16H15ClN2O4. The molecule has 1 amide bonds. The molecule has 0 radical (unpaired) electrons. The van der Waals surface area contributed by atoms with Gasteiger partial charge in [0.2, 0.25) is 0 Å². The molecule has 0 heterocycles. The number of carbonyl (C=O) groups is 1. The lowest BCUT2D eigenvalue weighted by Crippen LogP contribution is -2.30. The summed E-state index contributed by atoms with van der Waals surface area (Å²) >= 11 is 5.86. The van der Waals surface area contributed by atoms with Crippen molar-refractivity contribution in [2.45, 2.75) is 20.0 Å². The molecule has 2 aromatic rings. The molecule has 1 atom stereocenters. The van der Waals surface area contributed by atoms with E-state index in [0.717, 1.165) is 0 Å². The van der Waals surface area contributed by atoms with Crippen LogP contribution < -0.4 is 10.1 Å². The summed E-state index contributed by atoms with van der Waals surface area (Å²) in [5, 5.41) is 13.9. The molecule has 0 saturated heterocycles. The molecular weight excluding hydrogens is 320 g/mol. The van der Waals surface area contributed by atoms with Gasteiger partial charge in [0.1, 0.15) is 5.75 Å². The van der Waals surface area contributed by atoms with Gasteiger partial charge in [-0.05, 0) is 43.7 Å². The predicted molar refractivity (Wildman–Crippen MR) is 88.0 cm³/mol. The molecule has 0 saturated carbocycles. The molecule has 0 fully saturated rings. The molecule has 2 aromatic carbocycles. The van der Waals surface area contributed by atoms with Crippen LogP contribution in [-0.2, 0) is 4.79 Å². The number of hydrogen-bond donors (Lipinski definition) is 1. The Labute approximate surface area is 138 Å². The molecule has 7 heteroatoms. The zero-order valence-corrected chi connectivity index (χ0v) is 13.3. The van der Waals surface area contributed by atoms with Crippen LogP contribution in [0.3, 0.4) is 0 Å². The summed E-state index contributed by atoms with van der Waals surface area (Å²) < 4.78 is 5.53. The van der Waals surface area contributed by atoms with Crippen molar-refractivity contribution >= 4 is 28.9 Å². The predicted octanol–water partition coefficient (Wildman–Crippen LogP) is 3.96. The molecule has 0 aliphatic rings. The van der Waals surface area contributed by atoms with E-state index in [1.54, 1.807) is 38.1 Å². The van der Waals surface area contributed by atoms with E-state index in [0.29, 0.717) is 22.0 Å². The second-order valence-electron chi connectivity index (χ2n) is 4.96. The summed E-state index contributed by atoms with van der Waals surface area (Å²) in [5.41, 5.74) is 1.08. The zero-order chi connectivity index (χ0) is 17.0. The molecule has 120 valence electrons. The molecule has 1 N–H and O–H groups in total. The van der Waals surface area contributed by atoms with Gasteiger partial charge < -0.3 is 10.1 Å². The van der Waals surface area contributed by atoms with E-state index < -0.39 is 11.0 Å². The summed E-state index contributed by atoms with van der Waals surface area (Å²) in [6.45, 7) is 3.29. The first-order valence-electron chi connectivity index (χ1n) is 6.85. The zero-order valence-electron chi connectivity index (χ0n) is 12.6. The number of carbonyl (C=O) groups excluding carboxylic acids is 1. The Morgan fingerprint density at radius 3 is 2.65 bits per heavy atom. The van der Waals surface area contributed by atoms with Gasteiger partial charge in [-0.2, -0.15) is 0 Å². The molecule has 0 aliphatic heterocycles. The monoisotopic (exact) mass is 334 g/mol. The van der Waals surface area contributed by atoms with Gasteiger partial charge in [0.15, 0.2) is 6.10 Å². The molecule has 0 aliphatic carbocycles. The van der Waals surface area contributed by atoms with Crippen LogP contribution in [0.2, 0.25) is 5.02 Å². The number of hydrogen-bond acceptors (Lipinski definition) is 4. The Bertz CT molecular complexity index is 749. The Morgan fingerprint density at radius 1 is 1.30 bits per heavy atom. The highest BCUT2D eigenvalue weighted by Crippen LogP contribution is 2.22. The maximum Gasteiger partial charge on any atom is 0.269 e. The third kappa shape index (κ3) is 4.43. The minimum absolute atomic E-state index is 0.0243. The number of non-ortho nitro benzene ring substituents is 1. The highest BCUT2D eigenvalue weighted by Gasteiger charge is 2.17. The summed E-state index contributed by atoms with van der Waals surface area (Å²) in [4.78, 5) is 22.4. The van der Waals surface area contributed by atoms with E-state index in [1.807, 2.05) is 0 Å². The van der Waals surface area contributed by atoms with E-state index in [9.17, 15) is 14.9 Å². The maximum atomic E-state index is 12.2. The smallest absolute Gasteiger partial charge is 0.269 e. The number of benzene rings is 2. The number of nitrogens with zero attached hydrogens (tertiary/aromatic N) is 1. The topological polar surface area (TPSA) is 81.5 Å². The minimum Gasteiger partial charge on any atom is -0.481 e. The third-order valence-corrected chi connectivity index (χ3v) is 3.39. The molecule has 23 heavy (non-hydrogen) atoms. The van der Waals surface area contributed by atoms with Gasteiger partial charge in [-0.25, -0.2) is 0 Å². The number of halogens is 1. The quantitative estimate of drug-likeness (QED) is 0.662. The average molecular weight is 335 g/mol. The van der Waals surface area contributed by atoms with Crippen LogP contribution in [0.4, 0.5) is 11.4 Å². The second kappa shape index (κ2) is 7.11. The molecule has 0 aromatic heterocycles. The molecule has 6 nitrogen and oxygen atoms in total. The van der Waals surface area contributed by atoms with Crippen molar-refractivity contribution in [3.63, 3.8) is 0 Å². The minimum atomic E-state index is -0.747. The highest BCUT2D eigenvalue weighted by atomic mass is 35.5. The largest absolute Gasteiger partial charge is 0.481 e. The summed E-state index contributed by atoms with van der Waals surface area (Å²) in [5.74, 6) is 0.127. The van der Waals surface area contributed by atoms with Gasteiger partial charge in [-0.1, -0.05) is 17.7 Å². The van der Waals surface area contributed by atoms with E-state index in [-0.39, 0.29) is 11.6 Å². The summed E-state index contributed by atoms with van der Waals surface area (Å²) in [6.07, 6.45) is -0.747. The Morgan fingerprint density at radius 2 is 2.04 bits per heavy atom. The first-order chi connectivity index (χ1) is 10.9. The van der Waals surface area contributed by atoms with Gasteiger partial charge in [-0.15, -0.1) is 0 Å². The molecule has 2 rings (SSSR count). The number of anilines is 1. The third-order valence-electron chi connectivity index (χ3n) is 3.16. The lowest BCUT2D eigenvalue weighted by molar-refractivity contribution is -0.384. The fourth-order valence-corrected chi connectivity index (χ4v) is 2.11. The van der Waals surface area contributed by atoms with Crippen molar-refractivity contribution in [3.8, 4) is 5.75 Å². The Kier molecular flexibility index (Phi) is 5.18. The van der Waals surface area contributed by atoms with Crippen LogP contribution >= 0.6 is 11.6 Å². The maximum absolute atomic E-state index is 12.2. The fourth-order valence-electron chi connectivity index (χ4n) is 1.93. The number of aryl methyl sites for hydroxylation is 1. The lowest BCUT2D eigenvalue weighted by Gasteiger charge is -2.15. The summed E-state index contributed by atoms with van der Waals surface area (Å²) in [6, 6.07) is 11.0. The van der Waals surface area contributed by atoms with Crippen molar-refractivity contribution in [2.24, 2.45) is 0 Å². The first kappa shape index (κ1) is 16.8. The molecule has 0 bridgehead atoms. The normalized spacial score (nSPS) is 11.6. The van der Waals surface area contributed by atoms with E-state index in [2.05, 4.69) is 5.32 Å². The summed E-state index contributed by atoms with van der Waals surface area (Å²) in [7, 11) is 0. The Hall–Kier alpha value is -2.60. The van der Waals surface area contributed by atoms with Crippen LogP contribution in [0.5, 0.6) is 5.75 Å². The molecule has 0 spiro atoms. The highest BCUT2D eigenvalue weighted by molar-refractivity contribution is 6.30. The van der Waals surface area contributed by atoms with Gasteiger partial charge >= 0.3 is 0 Å². The van der Waals surface area contributed by atoms with Crippen LogP contribution in [0.1, 0.15) is 12.5 Å². The van der Waals surface area contributed by atoms with Crippen molar-refractivity contribution in [1.29, 1.82) is 0 Å². The van der Waals surface area contributed by atoms with Crippen molar-refractivity contribution in [2.75, 3.05) is 5.32 Å². The van der Waals surface area contributed by atoms with Crippen molar-refractivity contribution in [3.05, 3.63) is 63.2 Å². The van der Waals surface area contributed by atoms with Gasteiger partial charge in [0, 0.05) is 22.8 Å². The number of ether oxygens (including phenoxy) is 1. The van der Waals surface area contributed by atoms with E-state index in [4.69, 9.17) is 16.3 Å². The van der Waals surface area contributed by atoms with Crippen molar-refractivity contribution < 1.29 is 14.5 Å². The van der Waals surface area contributed by atoms with Gasteiger partial charge in [0.25, 0.3) is 11.6 Å². The number of amides is 1. The Balaban J connectivity index is 2.05. The van der Waals surface area contributed by atoms with E-state index in [1.165, 1.54) is 18.2 Å². The first-order valence-corrected chi connectivity index (χ1v) is 7.23. The van der Waals surface area contributed by atoms with Crippen LogP contribution in [0, 0.1) is 17.0 Å². The van der Waals surface area contributed by atoms with Crippen LogP contribution in [-0.4, -0.2) is 16.9 Å². The van der Waals surface area contributed by atoms with Gasteiger partial charge in [-0.3, -0.25) is 14.9 Å². The second-order valence-corrected chi connectivity index (χ2v) is 5.40. The van der Waals surface area contributed by atoms with Crippen molar-refractivity contribution in [1.82, 2.24) is 0 Å². The fraction of sp³-hybridized carbons (Fsp3) is 0.188. The number of nitrogens with one attached hydrogen (secondary N) is 1. The lowest BCUT2D eigenvalue weighted by atomic mass is 10.1. The van der Waals surface area contributed by atoms with Crippen LogP contribution in [0.25, 0.3) is 0 Å². The van der Waals surface area contributed by atoms with E-state index >= 15 is 0 Å². The van der Waals surface area contributed by atoms with Gasteiger partial charge in [0.05, 0.1) is 4.92 Å². The average Bonchev–Trinajstić information content (AvgIpc) is 2.49.